The summed E-state index contributed by atoms with van der Waals surface area (Å²) >= 11 is 0. The summed E-state index contributed by atoms with van der Waals surface area (Å²) in [5, 5.41) is 5.30. The normalized spacial score (nSPS) is 10.4. The summed E-state index contributed by atoms with van der Waals surface area (Å²) in [6.45, 7) is 4.01. The lowest BCUT2D eigenvalue weighted by Crippen LogP contribution is -2.21. The molecular weight excluding hydrogens is 286 g/mol. The molecule has 0 spiro atoms. The van der Waals surface area contributed by atoms with Crippen molar-refractivity contribution in [3.8, 4) is 0 Å². The van der Waals surface area contributed by atoms with Crippen LogP contribution < -0.4 is 10.6 Å². The van der Waals surface area contributed by atoms with Crippen LogP contribution in [0, 0.1) is 11.6 Å². The van der Waals surface area contributed by atoms with Gasteiger partial charge in [0.25, 0.3) is 0 Å². The monoisotopic (exact) mass is 304 g/mol. The Kier molecular flexibility index (Phi) is 5.09. The first-order valence-electron chi connectivity index (χ1n) is 7.19. The van der Waals surface area contributed by atoms with E-state index in [2.05, 4.69) is 10.6 Å². The Hall–Kier alpha value is -2.43. The molecule has 0 heterocycles. The van der Waals surface area contributed by atoms with E-state index >= 15 is 0 Å². The molecule has 0 fully saturated rings. The fourth-order valence-electron chi connectivity index (χ4n) is 2.25. The fourth-order valence-corrected chi connectivity index (χ4v) is 2.25. The van der Waals surface area contributed by atoms with Crippen LogP contribution >= 0.6 is 0 Å². The lowest BCUT2D eigenvalue weighted by atomic mass is 10.0. The quantitative estimate of drug-likeness (QED) is 0.842. The van der Waals surface area contributed by atoms with Gasteiger partial charge in [0, 0.05) is 17.4 Å². The molecule has 0 saturated carbocycles. The summed E-state index contributed by atoms with van der Waals surface area (Å²) in [5.74, 6) is -1.95. The average Bonchev–Trinajstić information content (AvgIpc) is 2.51. The SMILES string of the molecule is CCc1cccc(CC)c1NC(=O)Nc1ccc(F)c(F)c1. The molecular formula is C17H18F2N2O. The molecule has 2 rings (SSSR count). The van der Waals surface area contributed by atoms with Crippen LogP contribution in [-0.4, -0.2) is 6.03 Å². The van der Waals surface area contributed by atoms with E-state index in [0.717, 1.165) is 41.8 Å². The van der Waals surface area contributed by atoms with E-state index in [1.54, 1.807) is 0 Å². The second-order valence-corrected chi connectivity index (χ2v) is 4.87. The number of hydrogen-bond acceptors (Lipinski definition) is 1. The van der Waals surface area contributed by atoms with Crippen LogP contribution in [0.1, 0.15) is 25.0 Å². The van der Waals surface area contributed by atoms with Crippen molar-refractivity contribution in [1.82, 2.24) is 0 Å². The summed E-state index contributed by atoms with van der Waals surface area (Å²) in [4.78, 5) is 12.1. The Morgan fingerprint density at radius 1 is 0.955 bits per heavy atom. The number of urea groups is 1. The summed E-state index contributed by atoms with van der Waals surface area (Å²) in [6, 6.07) is 8.60. The molecule has 116 valence electrons. The first kappa shape index (κ1) is 15.9. The summed E-state index contributed by atoms with van der Waals surface area (Å²) in [5.41, 5.74) is 3.02. The number of benzene rings is 2. The molecule has 2 aromatic rings. The fraction of sp³-hybridized carbons (Fsp3) is 0.235. The van der Waals surface area contributed by atoms with Crippen LogP contribution in [-0.2, 0) is 12.8 Å². The predicted octanol–water partition coefficient (Wildman–Crippen LogP) is 4.73. The highest BCUT2D eigenvalue weighted by Crippen LogP contribution is 2.23. The maximum Gasteiger partial charge on any atom is 0.323 e. The van der Waals surface area contributed by atoms with E-state index in [1.807, 2.05) is 32.0 Å². The summed E-state index contributed by atoms with van der Waals surface area (Å²) in [6.07, 6.45) is 1.57. The number of rotatable bonds is 4. The molecule has 0 aromatic heterocycles. The first-order valence-corrected chi connectivity index (χ1v) is 7.19. The zero-order chi connectivity index (χ0) is 16.1. The van der Waals surface area contributed by atoms with Crippen molar-refractivity contribution in [2.75, 3.05) is 10.6 Å². The van der Waals surface area contributed by atoms with Crippen LogP contribution in [0.25, 0.3) is 0 Å². The molecule has 0 aliphatic carbocycles. The third-order valence-corrected chi connectivity index (χ3v) is 3.41. The van der Waals surface area contributed by atoms with Gasteiger partial charge in [0.2, 0.25) is 0 Å². The predicted molar refractivity (Wildman–Crippen MR) is 84.2 cm³/mol. The third-order valence-electron chi connectivity index (χ3n) is 3.41. The molecule has 0 unspecified atom stereocenters. The maximum absolute atomic E-state index is 13.1. The highest BCUT2D eigenvalue weighted by Gasteiger charge is 2.11. The lowest BCUT2D eigenvalue weighted by molar-refractivity contribution is 0.262. The number of amides is 2. The van der Waals surface area contributed by atoms with Gasteiger partial charge in [-0.05, 0) is 36.1 Å². The maximum atomic E-state index is 13.1. The minimum Gasteiger partial charge on any atom is -0.308 e. The first-order chi connectivity index (χ1) is 10.5. The van der Waals surface area contributed by atoms with Gasteiger partial charge >= 0.3 is 6.03 Å². The van der Waals surface area contributed by atoms with E-state index in [9.17, 15) is 13.6 Å². The zero-order valence-corrected chi connectivity index (χ0v) is 12.5. The van der Waals surface area contributed by atoms with Gasteiger partial charge in [-0.15, -0.1) is 0 Å². The van der Waals surface area contributed by atoms with Crippen LogP contribution in [0.3, 0.4) is 0 Å². The molecule has 0 radical (unpaired) electrons. The molecule has 2 amide bonds. The number of carbonyl (C=O) groups excluding carboxylic acids is 1. The van der Waals surface area contributed by atoms with Gasteiger partial charge in [-0.1, -0.05) is 32.0 Å². The van der Waals surface area contributed by atoms with Crippen molar-refractivity contribution in [2.24, 2.45) is 0 Å². The minimum atomic E-state index is -0.999. The van der Waals surface area contributed by atoms with Crippen molar-refractivity contribution in [3.05, 3.63) is 59.2 Å². The molecule has 0 atom stereocenters. The van der Waals surface area contributed by atoms with Gasteiger partial charge in [0.1, 0.15) is 0 Å². The van der Waals surface area contributed by atoms with Crippen molar-refractivity contribution in [1.29, 1.82) is 0 Å². The van der Waals surface area contributed by atoms with Gasteiger partial charge in [-0.3, -0.25) is 0 Å². The third kappa shape index (κ3) is 3.61. The summed E-state index contributed by atoms with van der Waals surface area (Å²) in [7, 11) is 0. The summed E-state index contributed by atoms with van der Waals surface area (Å²) < 4.78 is 26.0. The lowest BCUT2D eigenvalue weighted by Gasteiger charge is -2.15. The van der Waals surface area contributed by atoms with E-state index in [-0.39, 0.29) is 5.69 Å². The number of anilines is 2. The molecule has 22 heavy (non-hydrogen) atoms. The number of para-hydroxylation sites is 1. The Morgan fingerprint density at radius 2 is 1.59 bits per heavy atom. The number of carbonyl (C=O) groups is 1. The van der Waals surface area contributed by atoms with E-state index < -0.39 is 17.7 Å². The second kappa shape index (κ2) is 7.02. The van der Waals surface area contributed by atoms with Crippen LogP contribution in [0.5, 0.6) is 0 Å². The Morgan fingerprint density at radius 3 is 2.14 bits per heavy atom. The molecule has 5 heteroatoms. The molecule has 2 aromatic carbocycles. The van der Waals surface area contributed by atoms with E-state index in [4.69, 9.17) is 0 Å². The van der Waals surface area contributed by atoms with Gasteiger partial charge in [0.15, 0.2) is 11.6 Å². The van der Waals surface area contributed by atoms with Crippen molar-refractivity contribution >= 4 is 17.4 Å². The number of nitrogens with one attached hydrogen (secondary N) is 2. The van der Waals surface area contributed by atoms with Crippen molar-refractivity contribution in [2.45, 2.75) is 26.7 Å². The highest BCUT2D eigenvalue weighted by molar-refractivity contribution is 6.00. The van der Waals surface area contributed by atoms with Gasteiger partial charge in [-0.2, -0.15) is 0 Å². The number of aryl methyl sites for hydroxylation is 2. The number of hydrogen-bond donors (Lipinski definition) is 2. The molecule has 0 saturated heterocycles. The largest absolute Gasteiger partial charge is 0.323 e. The Labute approximate surface area is 128 Å². The molecule has 0 aliphatic rings. The van der Waals surface area contributed by atoms with Gasteiger partial charge in [0.05, 0.1) is 0 Å². The van der Waals surface area contributed by atoms with E-state index in [0.29, 0.717) is 0 Å². The van der Waals surface area contributed by atoms with Crippen molar-refractivity contribution in [3.63, 3.8) is 0 Å². The Balaban J connectivity index is 2.17. The Bertz CT molecular complexity index is 664. The van der Waals surface area contributed by atoms with Crippen LogP contribution in [0.15, 0.2) is 36.4 Å². The van der Waals surface area contributed by atoms with E-state index in [1.165, 1.54) is 6.07 Å². The van der Waals surface area contributed by atoms with Gasteiger partial charge in [-0.25, -0.2) is 13.6 Å². The minimum absolute atomic E-state index is 0.198. The van der Waals surface area contributed by atoms with Crippen molar-refractivity contribution < 1.29 is 13.6 Å². The average molecular weight is 304 g/mol. The topological polar surface area (TPSA) is 41.1 Å². The molecule has 0 aliphatic heterocycles. The smallest absolute Gasteiger partial charge is 0.308 e. The number of halogens is 2. The van der Waals surface area contributed by atoms with Crippen LogP contribution in [0.4, 0.5) is 25.0 Å². The molecule has 2 N–H and O–H groups in total. The second-order valence-electron chi connectivity index (χ2n) is 4.87. The van der Waals surface area contributed by atoms with Crippen LogP contribution in [0.2, 0.25) is 0 Å². The molecule has 0 bridgehead atoms. The standard InChI is InChI=1S/C17H18F2N2O/c1-3-11-6-5-7-12(4-2)16(11)21-17(22)20-13-8-9-14(18)15(19)10-13/h5-10H,3-4H2,1-2H3,(H2,20,21,22). The molecule has 3 nitrogen and oxygen atoms in total. The highest BCUT2D eigenvalue weighted by atomic mass is 19.2. The zero-order valence-electron chi connectivity index (χ0n) is 12.5. The van der Waals surface area contributed by atoms with Gasteiger partial charge < -0.3 is 10.6 Å².